The average Bonchev–Trinajstić information content (AvgIpc) is 2.28. The lowest BCUT2D eigenvalue weighted by molar-refractivity contribution is 0.446. The average molecular weight is 263 g/mol. The minimum atomic E-state index is -0.167. The summed E-state index contributed by atoms with van der Waals surface area (Å²) in [5, 5.41) is 0.390. The second kappa shape index (κ2) is 4.94. The molecule has 0 aliphatic heterocycles. The van der Waals surface area contributed by atoms with E-state index in [0.717, 1.165) is 5.75 Å². The topological polar surface area (TPSA) is 35.0 Å². The summed E-state index contributed by atoms with van der Waals surface area (Å²) >= 11 is 5.99. The van der Waals surface area contributed by atoms with Crippen LogP contribution in [0.5, 0.6) is 11.6 Å². The van der Waals surface area contributed by atoms with Gasteiger partial charge in [0.2, 0.25) is 5.88 Å². The molecule has 0 fully saturated rings. The predicted molar refractivity (Wildman–Crippen MR) is 72.3 cm³/mol. The molecule has 3 nitrogen and oxygen atoms in total. The number of nitrogens with zero attached hydrogens (tertiary/aromatic N) is 2. The number of ether oxygens (including phenoxy) is 1. The van der Waals surface area contributed by atoms with E-state index < -0.39 is 0 Å². The van der Waals surface area contributed by atoms with Crippen LogP contribution in [-0.2, 0) is 5.41 Å². The van der Waals surface area contributed by atoms with E-state index in [1.807, 2.05) is 51.1 Å². The first-order valence-corrected chi connectivity index (χ1v) is 6.11. The van der Waals surface area contributed by atoms with Gasteiger partial charge in [0.05, 0.1) is 0 Å². The quantitative estimate of drug-likeness (QED) is 0.760. The van der Waals surface area contributed by atoms with E-state index in [1.54, 1.807) is 6.07 Å². The Morgan fingerprint density at radius 1 is 1.06 bits per heavy atom. The molecule has 0 atom stereocenters. The van der Waals surface area contributed by atoms with Crippen LogP contribution >= 0.6 is 11.6 Å². The highest BCUT2D eigenvalue weighted by molar-refractivity contribution is 6.29. The smallest absolute Gasteiger partial charge is 0.224 e. The summed E-state index contributed by atoms with van der Waals surface area (Å²) in [5.74, 6) is 1.86. The largest absolute Gasteiger partial charge is 0.439 e. The number of halogens is 1. The summed E-state index contributed by atoms with van der Waals surface area (Å²) in [7, 11) is 0. The molecule has 2 aromatic rings. The van der Waals surface area contributed by atoms with Gasteiger partial charge in [-0.2, -0.15) is 4.98 Å². The molecule has 0 N–H and O–H groups in total. The summed E-state index contributed by atoms with van der Waals surface area (Å²) in [6.07, 6.45) is 0. The summed E-state index contributed by atoms with van der Waals surface area (Å²) < 4.78 is 5.66. The first-order chi connectivity index (χ1) is 8.45. The van der Waals surface area contributed by atoms with E-state index in [0.29, 0.717) is 16.9 Å². The molecule has 0 bridgehead atoms. The Bertz CT molecular complexity index is 535. The van der Waals surface area contributed by atoms with Crippen LogP contribution in [0.25, 0.3) is 0 Å². The highest BCUT2D eigenvalue weighted by atomic mass is 35.5. The summed E-state index contributed by atoms with van der Waals surface area (Å²) in [4.78, 5) is 8.60. The van der Waals surface area contributed by atoms with E-state index >= 15 is 0 Å². The second-order valence-corrected chi connectivity index (χ2v) is 5.40. The minimum absolute atomic E-state index is 0.167. The van der Waals surface area contributed by atoms with Crippen molar-refractivity contribution in [3.63, 3.8) is 0 Å². The highest BCUT2D eigenvalue weighted by Crippen LogP contribution is 2.26. The van der Waals surface area contributed by atoms with Gasteiger partial charge in [-0.3, -0.25) is 0 Å². The summed E-state index contributed by atoms with van der Waals surface area (Å²) in [6, 6.07) is 11.1. The van der Waals surface area contributed by atoms with Crippen molar-refractivity contribution >= 4 is 11.6 Å². The van der Waals surface area contributed by atoms with Crippen LogP contribution in [0.3, 0.4) is 0 Å². The Morgan fingerprint density at radius 2 is 1.72 bits per heavy atom. The third-order valence-corrected chi connectivity index (χ3v) is 2.50. The third-order valence-electron chi connectivity index (χ3n) is 2.31. The lowest BCUT2D eigenvalue weighted by atomic mass is 9.96. The Kier molecular flexibility index (Phi) is 3.53. The van der Waals surface area contributed by atoms with Crippen LogP contribution in [0.15, 0.2) is 36.4 Å². The molecule has 18 heavy (non-hydrogen) atoms. The van der Waals surface area contributed by atoms with Gasteiger partial charge in [0.15, 0.2) is 0 Å². The molecule has 1 aromatic heterocycles. The molecule has 94 valence electrons. The molecule has 0 unspecified atom stereocenters. The van der Waals surface area contributed by atoms with Crippen molar-refractivity contribution < 1.29 is 4.74 Å². The maximum Gasteiger partial charge on any atom is 0.224 e. The van der Waals surface area contributed by atoms with Crippen molar-refractivity contribution in [2.75, 3.05) is 0 Å². The van der Waals surface area contributed by atoms with Gasteiger partial charge in [-0.1, -0.05) is 50.6 Å². The molecule has 0 spiro atoms. The van der Waals surface area contributed by atoms with Gasteiger partial charge in [-0.05, 0) is 12.1 Å². The number of hydrogen-bond donors (Lipinski definition) is 0. The lowest BCUT2D eigenvalue weighted by Gasteiger charge is -2.17. The van der Waals surface area contributed by atoms with Crippen LogP contribution in [0.4, 0.5) is 0 Å². The zero-order valence-corrected chi connectivity index (χ0v) is 11.4. The first-order valence-electron chi connectivity index (χ1n) is 5.73. The van der Waals surface area contributed by atoms with Crippen LogP contribution in [0.2, 0.25) is 5.15 Å². The van der Waals surface area contributed by atoms with Gasteiger partial charge >= 0.3 is 0 Å². The standard InChI is InChI=1S/C14H15ClN2O/c1-14(2,3)13-16-11(15)9-12(17-13)18-10-7-5-4-6-8-10/h4-9H,1-3H3. The molecule has 1 heterocycles. The molecule has 0 saturated carbocycles. The molecule has 0 amide bonds. The van der Waals surface area contributed by atoms with Crippen LogP contribution < -0.4 is 4.74 Å². The van der Waals surface area contributed by atoms with Gasteiger partial charge in [0.25, 0.3) is 0 Å². The fraction of sp³-hybridized carbons (Fsp3) is 0.286. The Morgan fingerprint density at radius 3 is 2.33 bits per heavy atom. The Hall–Kier alpha value is -1.61. The zero-order valence-electron chi connectivity index (χ0n) is 10.6. The Labute approximate surface area is 112 Å². The Balaban J connectivity index is 2.32. The van der Waals surface area contributed by atoms with E-state index in [-0.39, 0.29) is 5.41 Å². The number of para-hydroxylation sites is 1. The molecule has 1 aromatic carbocycles. The number of rotatable bonds is 2. The van der Waals surface area contributed by atoms with E-state index in [9.17, 15) is 0 Å². The third kappa shape index (κ3) is 3.20. The van der Waals surface area contributed by atoms with Crippen molar-refractivity contribution in [2.45, 2.75) is 26.2 Å². The van der Waals surface area contributed by atoms with Crippen molar-refractivity contribution in [3.05, 3.63) is 47.4 Å². The molecule has 0 radical (unpaired) electrons. The van der Waals surface area contributed by atoms with Crippen molar-refractivity contribution in [1.82, 2.24) is 9.97 Å². The molecule has 2 rings (SSSR count). The fourth-order valence-corrected chi connectivity index (χ4v) is 1.57. The molecule has 0 aliphatic carbocycles. The van der Waals surface area contributed by atoms with E-state index in [1.165, 1.54) is 0 Å². The molecule has 0 aliphatic rings. The maximum absolute atomic E-state index is 5.99. The van der Waals surface area contributed by atoms with Gasteiger partial charge in [-0.25, -0.2) is 4.98 Å². The van der Waals surface area contributed by atoms with E-state index in [2.05, 4.69) is 9.97 Å². The van der Waals surface area contributed by atoms with Crippen LogP contribution in [0, 0.1) is 0 Å². The van der Waals surface area contributed by atoms with Crippen molar-refractivity contribution in [1.29, 1.82) is 0 Å². The predicted octanol–water partition coefficient (Wildman–Crippen LogP) is 4.22. The number of aromatic nitrogens is 2. The molecular weight excluding hydrogens is 248 g/mol. The van der Waals surface area contributed by atoms with Crippen LogP contribution in [0.1, 0.15) is 26.6 Å². The number of hydrogen-bond acceptors (Lipinski definition) is 3. The summed E-state index contributed by atoms with van der Waals surface area (Å²) in [5.41, 5.74) is -0.167. The first kappa shape index (κ1) is 12.8. The molecule has 0 saturated heterocycles. The monoisotopic (exact) mass is 262 g/mol. The van der Waals surface area contributed by atoms with Crippen molar-refractivity contribution in [3.8, 4) is 11.6 Å². The van der Waals surface area contributed by atoms with Crippen molar-refractivity contribution in [2.24, 2.45) is 0 Å². The molecule has 4 heteroatoms. The number of benzene rings is 1. The van der Waals surface area contributed by atoms with Gasteiger partial charge in [0, 0.05) is 11.5 Å². The molecular formula is C14H15ClN2O. The minimum Gasteiger partial charge on any atom is -0.439 e. The SMILES string of the molecule is CC(C)(C)c1nc(Cl)cc(Oc2ccccc2)n1. The van der Waals surface area contributed by atoms with E-state index in [4.69, 9.17) is 16.3 Å². The normalized spacial score (nSPS) is 11.3. The maximum atomic E-state index is 5.99. The van der Waals surface area contributed by atoms with Gasteiger partial charge < -0.3 is 4.74 Å². The lowest BCUT2D eigenvalue weighted by Crippen LogP contribution is -2.16. The second-order valence-electron chi connectivity index (χ2n) is 5.02. The zero-order chi connectivity index (χ0) is 13.2. The van der Waals surface area contributed by atoms with Gasteiger partial charge in [-0.15, -0.1) is 0 Å². The van der Waals surface area contributed by atoms with Crippen LogP contribution in [-0.4, -0.2) is 9.97 Å². The van der Waals surface area contributed by atoms with Gasteiger partial charge in [0.1, 0.15) is 16.7 Å². The summed E-state index contributed by atoms with van der Waals surface area (Å²) in [6.45, 7) is 6.10. The highest BCUT2D eigenvalue weighted by Gasteiger charge is 2.19. The fourth-order valence-electron chi connectivity index (χ4n) is 1.39.